The Morgan fingerprint density at radius 1 is 1.24 bits per heavy atom. The molecule has 0 aliphatic carbocycles. The Morgan fingerprint density at radius 2 is 1.95 bits per heavy atom. The van der Waals surface area contributed by atoms with Crippen LogP contribution in [0.5, 0.6) is 0 Å². The maximum absolute atomic E-state index is 13.7. The molecule has 0 saturated heterocycles. The molecule has 0 radical (unpaired) electrons. The van der Waals surface area contributed by atoms with E-state index in [2.05, 4.69) is 10.5 Å². The molecule has 1 unspecified atom stereocenters. The smallest absolute Gasteiger partial charge is 0.148 e. The largest absolute Gasteiger partial charge is 0.409 e. The van der Waals surface area contributed by atoms with Gasteiger partial charge in [0, 0.05) is 6.54 Å². The van der Waals surface area contributed by atoms with Crippen LogP contribution in [0.25, 0.3) is 0 Å². The van der Waals surface area contributed by atoms with Crippen molar-refractivity contribution < 1.29 is 9.60 Å². The highest BCUT2D eigenvalue weighted by molar-refractivity contribution is 6.33. The number of nitrogens with zero attached hydrogens (tertiary/aromatic N) is 1. The zero-order valence-electron chi connectivity index (χ0n) is 11.1. The molecular weight excluding hydrogens is 293 g/mol. The van der Waals surface area contributed by atoms with Crippen molar-refractivity contribution in [3.05, 3.63) is 64.9 Å². The van der Waals surface area contributed by atoms with Crippen molar-refractivity contribution in [2.45, 2.75) is 5.92 Å². The van der Waals surface area contributed by atoms with Crippen LogP contribution in [0.1, 0.15) is 11.5 Å². The number of nitrogens with one attached hydrogen (secondary N) is 1. The fourth-order valence-corrected chi connectivity index (χ4v) is 2.25. The maximum Gasteiger partial charge on any atom is 0.148 e. The average molecular weight is 308 g/mol. The maximum atomic E-state index is 13.7. The second-order valence-corrected chi connectivity index (χ2v) is 4.87. The predicted molar refractivity (Wildman–Crippen MR) is 82.5 cm³/mol. The molecule has 110 valence electrons. The number of halogens is 2. The first-order valence-corrected chi connectivity index (χ1v) is 6.71. The van der Waals surface area contributed by atoms with Gasteiger partial charge in [0.2, 0.25) is 0 Å². The monoisotopic (exact) mass is 307 g/mol. The molecule has 0 saturated carbocycles. The van der Waals surface area contributed by atoms with Crippen LogP contribution >= 0.6 is 11.6 Å². The van der Waals surface area contributed by atoms with Crippen LogP contribution in [0, 0.1) is 5.82 Å². The summed E-state index contributed by atoms with van der Waals surface area (Å²) < 4.78 is 13.7. The molecule has 21 heavy (non-hydrogen) atoms. The minimum atomic E-state index is -0.450. The number of para-hydroxylation sites is 1. The Bertz CT molecular complexity index is 614. The van der Waals surface area contributed by atoms with Crippen LogP contribution in [0.4, 0.5) is 10.1 Å². The van der Waals surface area contributed by atoms with Crippen molar-refractivity contribution in [2.75, 3.05) is 11.9 Å². The van der Waals surface area contributed by atoms with Gasteiger partial charge in [0.1, 0.15) is 11.7 Å². The van der Waals surface area contributed by atoms with Crippen LogP contribution in [0.2, 0.25) is 5.02 Å². The molecule has 0 bridgehead atoms. The minimum Gasteiger partial charge on any atom is -0.409 e. The summed E-state index contributed by atoms with van der Waals surface area (Å²) in [6.07, 6.45) is 0. The van der Waals surface area contributed by atoms with E-state index in [1.54, 1.807) is 6.07 Å². The minimum absolute atomic E-state index is 0.0427. The SMILES string of the molecule is N/C(=N/O)C(CNc1c(F)cccc1Cl)c1ccccc1. The Balaban J connectivity index is 2.21. The van der Waals surface area contributed by atoms with Gasteiger partial charge < -0.3 is 16.3 Å². The van der Waals surface area contributed by atoms with Crippen LogP contribution in [0.3, 0.4) is 0 Å². The highest BCUT2D eigenvalue weighted by Gasteiger charge is 2.17. The molecule has 6 heteroatoms. The summed E-state index contributed by atoms with van der Waals surface area (Å²) >= 11 is 5.96. The van der Waals surface area contributed by atoms with Gasteiger partial charge in [-0.3, -0.25) is 0 Å². The van der Waals surface area contributed by atoms with Crippen molar-refractivity contribution in [1.29, 1.82) is 0 Å². The van der Waals surface area contributed by atoms with Gasteiger partial charge in [-0.15, -0.1) is 0 Å². The zero-order valence-corrected chi connectivity index (χ0v) is 11.9. The number of oxime groups is 1. The van der Waals surface area contributed by atoms with E-state index < -0.39 is 11.7 Å². The number of hydrogen-bond donors (Lipinski definition) is 3. The topological polar surface area (TPSA) is 70.6 Å². The molecule has 2 rings (SSSR count). The first kappa shape index (κ1) is 15.1. The summed E-state index contributed by atoms with van der Waals surface area (Å²) in [7, 11) is 0. The van der Waals surface area contributed by atoms with E-state index in [9.17, 15) is 4.39 Å². The summed E-state index contributed by atoms with van der Waals surface area (Å²) in [4.78, 5) is 0. The highest BCUT2D eigenvalue weighted by atomic mass is 35.5. The molecule has 4 N–H and O–H groups in total. The van der Waals surface area contributed by atoms with E-state index in [0.29, 0.717) is 0 Å². The summed E-state index contributed by atoms with van der Waals surface area (Å²) in [5.41, 5.74) is 6.78. The van der Waals surface area contributed by atoms with Gasteiger partial charge in [-0.2, -0.15) is 0 Å². The molecular formula is C15H15ClFN3O. The fraction of sp³-hybridized carbons (Fsp3) is 0.133. The van der Waals surface area contributed by atoms with Crippen LogP contribution in [-0.4, -0.2) is 17.6 Å². The number of anilines is 1. The third-order valence-corrected chi connectivity index (χ3v) is 3.44. The highest BCUT2D eigenvalue weighted by Crippen LogP contribution is 2.26. The normalized spacial score (nSPS) is 13.0. The van der Waals surface area contributed by atoms with Gasteiger partial charge in [-0.05, 0) is 17.7 Å². The second kappa shape index (κ2) is 6.95. The van der Waals surface area contributed by atoms with Crippen molar-refractivity contribution in [1.82, 2.24) is 0 Å². The van der Waals surface area contributed by atoms with Gasteiger partial charge >= 0.3 is 0 Å². The molecule has 0 aromatic heterocycles. The van der Waals surface area contributed by atoms with Crippen LogP contribution in [-0.2, 0) is 0 Å². The third kappa shape index (κ3) is 3.64. The van der Waals surface area contributed by atoms with Crippen molar-refractivity contribution in [3.8, 4) is 0 Å². The van der Waals surface area contributed by atoms with E-state index in [1.807, 2.05) is 30.3 Å². The number of benzene rings is 2. The van der Waals surface area contributed by atoms with Crippen LogP contribution < -0.4 is 11.1 Å². The molecule has 0 amide bonds. The van der Waals surface area contributed by atoms with Crippen LogP contribution in [0.15, 0.2) is 53.7 Å². The number of nitrogens with two attached hydrogens (primary N) is 1. The van der Waals surface area contributed by atoms with Gasteiger partial charge in [-0.25, -0.2) is 4.39 Å². The lowest BCUT2D eigenvalue weighted by molar-refractivity contribution is 0.316. The standard InChI is InChI=1S/C15H15ClFN3O/c16-12-7-4-8-13(17)14(12)19-9-11(15(18)20-21)10-5-2-1-3-6-10/h1-8,11,19,21H,9H2,(H2,18,20). The predicted octanol–water partition coefficient (Wildman–Crippen LogP) is 3.42. The fourth-order valence-electron chi connectivity index (χ4n) is 2.02. The van der Waals surface area contributed by atoms with E-state index in [1.165, 1.54) is 12.1 Å². The summed E-state index contributed by atoms with van der Waals surface area (Å²) in [5, 5.41) is 15.2. The molecule has 0 fully saturated rings. The van der Waals surface area contributed by atoms with E-state index in [0.717, 1.165) is 5.56 Å². The second-order valence-electron chi connectivity index (χ2n) is 4.47. The first-order chi connectivity index (χ1) is 10.1. The van der Waals surface area contributed by atoms with E-state index in [-0.39, 0.29) is 23.1 Å². The molecule has 2 aromatic carbocycles. The van der Waals surface area contributed by atoms with E-state index >= 15 is 0 Å². The Labute approximate surface area is 127 Å². The molecule has 1 atom stereocenters. The Kier molecular flexibility index (Phi) is 5.00. The lowest BCUT2D eigenvalue weighted by Gasteiger charge is -2.18. The molecule has 0 spiro atoms. The number of rotatable bonds is 5. The van der Waals surface area contributed by atoms with Gasteiger partial charge in [0.25, 0.3) is 0 Å². The molecule has 2 aromatic rings. The molecule has 4 nitrogen and oxygen atoms in total. The number of amidine groups is 1. The number of hydrogen-bond acceptors (Lipinski definition) is 3. The van der Waals surface area contributed by atoms with Crippen molar-refractivity contribution in [3.63, 3.8) is 0 Å². The van der Waals surface area contributed by atoms with Gasteiger partial charge in [0.15, 0.2) is 0 Å². The molecule has 0 heterocycles. The summed E-state index contributed by atoms with van der Waals surface area (Å²) in [6, 6.07) is 13.7. The van der Waals surface area contributed by atoms with Gasteiger partial charge in [-0.1, -0.05) is 53.2 Å². The first-order valence-electron chi connectivity index (χ1n) is 6.33. The molecule has 0 aliphatic heterocycles. The lowest BCUT2D eigenvalue weighted by Crippen LogP contribution is -2.28. The zero-order chi connectivity index (χ0) is 15.2. The quantitative estimate of drug-likeness (QED) is 0.343. The van der Waals surface area contributed by atoms with Crippen molar-refractivity contribution >= 4 is 23.1 Å². The summed E-state index contributed by atoms with van der Waals surface area (Å²) in [5.74, 6) is -0.804. The molecule has 0 aliphatic rings. The lowest BCUT2D eigenvalue weighted by atomic mass is 9.98. The average Bonchev–Trinajstić information content (AvgIpc) is 2.50. The van der Waals surface area contributed by atoms with E-state index in [4.69, 9.17) is 22.5 Å². The van der Waals surface area contributed by atoms with Crippen molar-refractivity contribution in [2.24, 2.45) is 10.9 Å². The third-order valence-electron chi connectivity index (χ3n) is 3.12. The Morgan fingerprint density at radius 3 is 2.57 bits per heavy atom. The Hall–Kier alpha value is -2.27. The summed E-state index contributed by atoms with van der Waals surface area (Å²) in [6.45, 7) is 0.251. The van der Waals surface area contributed by atoms with Gasteiger partial charge in [0.05, 0.1) is 16.6 Å².